The molecule has 31 heavy (non-hydrogen) atoms. The number of nitrogens with zero attached hydrogens (tertiary/aromatic N) is 2. The van der Waals surface area contributed by atoms with Crippen molar-refractivity contribution in [2.24, 2.45) is 0 Å². The number of ether oxygens (including phenoxy) is 2. The highest BCUT2D eigenvalue weighted by molar-refractivity contribution is 5.91. The van der Waals surface area contributed by atoms with Gasteiger partial charge in [-0.05, 0) is 49.4 Å². The number of methoxy groups -OCH3 is 1. The minimum atomic E-state index is -0.446. The number of carbonyl (C=O) groups is 1. The van der Waals surface area contributed by atoms with Crippen LogP contribution in [0.15, 0.2) is 84.9 Å². The molecule has 0 unspecified atom stereocenters. The van der Waals surface area contributed by atoms with Gasteiger partial charge in [0.05, 0.1) is 18.4 Å². The van der Waals surface area contributed by atoms with Gasteiger partial charge in [0.15, 0.2) is 0 Å². The third kappa shape index (κ3) is 5.05. The Kier molecular flexibility index (Phi) is 5.89. The Morgan fingerprint density at radius 3 is 2.35 bits per heavy atom. The van der Waals surface area contributed by atoms with Crippen molar-refractivity contribution in [2.45, 2.75) is 6.92 Å². The van der Waals surface area contributed by atoms with Crippen LogP contribution in [0.5, 0.6) is 11.5 Å². The van der Waals surface area contributed by atoms with Crippen molar-refractivity contribution in [3.05, 3.63) is 96.3 Å². The molecule has 0 bridgehead atoms. The van der Waals surface area contributed by atoms with Crippen molar-refractivity contribution in [1.82, 2.24) is 9.97 Å². The lowest BCUT2D eigenvalue weighted by Crippen LogP contribution is -2.08. The molecule has 6 heteroatoms. The van der Waals surface area contributed by atoms with Gasteiger partial charge < -0.3 is 14.8 Å². The predicted molar refractivity (Wildman–Crippen MR) is 120 cm³/mol. The standard InChI is InChI=1S/C25H21N3O3/c1-17-26-23(18-7-4-3-5-8-18)16-24(27-17)28-20-11-13-21(14-12-20)31-25(29)19-9-6-10-22(15-19)30-2/h3-16H,1-2H3,(H,26,27,28). The van der Waals surface area contributed by atoms with Crippen LogP contribution in [-0.2, 0) is 0 Å². The van der Waals surface area contributed by atoms with Crippen LogP contribution in [0.1, 0.15) is 16.2 Å². The Morgan fingerprint density at radius 1 is 0.839 bits per heavy atom. The van der Waals surface area contributed by atoms with Gasteiger partial charge in [-0.25, -0.2) is 14.8 Å². The first-order chi connectivity index (χ1) is 15.1. The molecule has 0 amide bonds. The average molecular weight is 411 g/mol. The Bertz CT molecular complexity index is 1190. The number of hydrogen-bond donors (Lipinski definition) is 1. The van der Waals surface area contributed by atoms with Crippen molar-refractivity contribution < 1.29 is 14.3 Å². The van der Waals surface area contributed by atoms with E-state index in [4.69, 9.17) is 9.47 Å². The molecule has 4 rings (SSSR count). The SMILES string of the molecule is COc1cccc(C(=O)Oc2ccc(Nc3cc(-c4ccccc4)nc(C)n3)cc2)c1. The fourth-order valence-corrected chi connectivity index (χ4v) is 3.06. The van der Waals surface area contributed by atoms with Crippen molar-refractivity contribution in [3.63, 3.8) is 0 Å². The molecule has 1 heterocycles. The van der Waals surface area contributed by atoms with Crippen LogP contribution < -0.4 is 14.8 Å². The Labute approximate surface area is 180 Å². The van der Waals surface area contributed by atoms with Gasteiger partial charge >= 0.3 is 5.97 Å². The smallest absolute Gasteiger partial charge is 0.343 e. The molecule has 0 fully saturated rings. The van der Waals surface area contributed by atoms with E-state index in [1.54, 1.807) is 43.5 Å². The van der Waals surface area contributed by atoms with E-state index in [0.29, 0.717) is 28.7 Å². The summed E-state index contributed by atoms with van der Waals surface area (Å²) in [5.74, 6) is 1.96. The molecule has 1 N–H and O–H groups in total. The largest absolute Gasteiger partial charge is 0.497 e. The van der Waals surface area contributed by atoms with Gasteiger partial charge in [0.25, 0.3) is 0 Å². The highest BCUT2D eigenvalue weighted by Gasteiger charge is 2.10. The molecule has 0 spiro atoms. The minimum absolute atomic E-state index is 0.423. The van der Waals surface area contributed by atoms with E-state index in [0.717, 1.165) is 16.9 Å². The monoisotopic (exact) mass is 411 g/mol. The molecule has 0 aliphatic rings. The lowest BCUT2D eigenvalue weighted by atomic mass is 10.1. The van der Waals surface area contributed by atoms with Crippen LogP contribution >= 0.6 is 0 Å². The lowest BCUT2D eigenvalue weighted by molar-refractivity contribution is 0.0734. The number of hydrogen-bond acceptors (Lipinski definition) is 6. The molecule has 6 nitrogen and oxygen atoms in total. The second kappa shape index (κ2) is 9.09. The zero-order valence-corrected chi connectivity index (χ0v) is 17.2. The summed E-state index contributed by atoms with van der Waals surface area (Å²) in [6.07, 6.45) is 0. The van der Waals surface area contributed by atoms with Crippen LogP contribution in [0, 0.1) is 6.92 Å². The fraction of sp³-hybridized carbons (Fsp3) is 0.0800. The highest BCUT2D eigenvalue weighted by atomic mass is 16.5. The number of esters is 1. The number of aryl methyl sites for hydroxylation is 1. The number of nitrogens with one attached hydrogen (secondary N) is 1. The molecule has 1 aromatic heterocycles. The maximum Gasteiger partial charge on any atom is 0.343 e. The number of aromatic nitrogens is 2. The summed E-state index contributed by atoms with van der Waals surface area (Å²) < 4.78 is 10.6. The van der Waals surface area contributed by atoms with Crippen molar-refractivity contribution >= 4 is 17.5 Å². The van der Waals surface area contributed by atoms with E-state index >= 15 is 0 Å². The van der Waals surface area contributed by atoms with Crippen LogP contribution in [0.4, 0.5) is 11.5 Å². The van der Waals surface area contributed by atoms with E-state index in [-0.39, 0.29) is 0 Å². The van der Waals surface area contributed by atoms with Crippen LogP contribution in [0.2, 0.25) is 0 Å². The lowest BCUT2D eigenvalue weighted by Gasteiger charge is -2.10. The molecule has 0 atom stereocenters. The normalized spacial score (nSPS) is 10.4. The zero-order chi connectivity index (χ0) is 21.6. The number of anilines is 2. The van der Waals surface area contributed by atoms with E-state index in [1.807, 2.05) is 55.5 Å². The number of carbonyl (C=O) groups excluding carboxylic acids is 1. The van der Waals surface area contributed by atoms with Crippen molar-refractivity contribution in [3.8, 4) is 22.8 Å². The summed E-state index contributed by atoms with van der Waals surface area (Å²) in [5, 5.41) is 3.27. The molecule has 3 aromatic carbocycles. The molecule has 154 valence electrons. The van der Waals surface area contributed by atoms with Gasteiger partial charge in [0.2, 0.25) is 0 Å². The minimum Gasteiger partial charge on any atom is -0.497 e. The highest BCUT2D eigenvalue weighted by Crippen LogP contribution is 2.24. The first-order valence-electron chi connectivity index (χ1n) is 9.75. The third-order valence-corrected chi connectivity index (χ3v) is 4.55. The quantitative estimate of drug-likeness (QED) is 0.337. The van der Waals surface area contributed by atoms with E-state index in [2.05, 4.69) is 15.3 Å². The molecular formula is C25H21N3O3. The number of rotatable bonds is 6. The van der Waals surface area contributed by atoms with Crippen LogP contribution in [0.25, 0.3) is 11.3 Å². The van der Waals surface area contributed by atoms with Gasteiger partial charge in [-0.1, -0.05) is 36.4 Å². The van der Waals surface area contributed by atoms with E-state index in [9.17, 15) is 4.79 Å². The third-order valence-electron chi connectivity index (χ3n) is 4.55. The second-order valence-electron chi connectivity index (χ2n) is 6.82. The van der Waals surface area contributed by atoms with Gasteiger partial charge in [-0.3, -0.25) is 0 Å². The summed E-state index contributed by atoms with van der Waals surface area (Å²) in [7, 11) is 1.55. The van der Waals surface area contributed by atoms with E-state index < -0.39 is 5.97 Å². The fourth-order valence-electron chi connectivity index (χ4n) is 3.06. The molecule has 0 radical (unpaired) electrons. The summed E-state index contributed by atoms with van der Waals surface area (Å²) in [5.41, 5.74) is 3.11. The average Bonchev–Trinajstić information content (AvgIpc) is 2.80. The Balaban J connectivity index is 1.46. The van der Waals surface area contributed by atoms with E-state index in [1.165, 1.54) is 0 Å². The van der Waals surface area contributed by atoms with Gasteiger partial charge in [-0.15, -0.1) is 0 Å². The van der Waals surface area contributed by atoms with Gasteiger partial charge in [-0.2, -0.15) is 0 Å². The Morgan fingerprint density at radius 2 is 1.61 bits per heavy atom. The topological polar surface area (TPSA) is 73.3 Å². The first-order valence-corrected chi connectivity index (χ1v) is 9.75. The number of benzene rings is 3. The molecule has 4 aromatic rings. The summed E-state index contributed by atoms with van der Waals surface area (Å²) >= 11 is 0. The van der Waals surface area contributed by atoms with Gasteiger partial charge in [0.1, 0.15) is 23.1 Å². The predicted octanol–water partition coefficient (Wildman–Crippen LogP) is 5.42. The maximum absolute atomic E-state index is 12.4. The molecule has 0 saturated heterocycles. The maximum atomic E-state index is 12.4. The summed E-state index contributed by atoms with van der Waals surface area (Å²) in [6.45, 7) is 1.86. The molecular weight excluding hydrogens is 390 g/mol. The van der Waals surface area contributed by atoms with Crippen LogP contribution in [-0.4, -0.2) is 23.0 Å². The second-order valence-corrected chi connectivity index (χ2v) is 6.82. The molecule has 0 aliphatic heterocycles. The van der Waals surface area contributed by atoms with Gasteiger partial charge in [0, 0.05) is 17.3 Å². The Hall–Kier alpha value is -4.19. The molecule has 0 aliphatic carbocycles. The van der Waals surface area contributed by atoms with Crippen molar-refractivity contribution in [2.75, 3.05) is 12.4 Å². The zero-order valence-electron chi connectivity index (χ0n) is 17.2. The van der Waals surface area contributed by atoms with Crippen LogP contribution in [0.3, 0.4) is 0 Å². The van der Waals surface area contributed by atoms with Crippen molar-refractivity contribution in [1.29, 1.82) is 0 Å². The first kappa shape index (κ1) is 20.1. The molecule has 0 saturated carbocycles. The summed E-state index contributed by atoms with van der Waals surface area (Å²) in [4.78, 5) is 21.3. The summed E-state index contributed by atoms with van der Waals surface area (Å²) in [6, 6.07) is 25.8.